The SMILES string of the molecule is O=C(NC1(c2cccc(Br)c2)CCC1)c1ccc([N+](=O)[O-])cc1Cl. The van der Waals surface area contributed by atoms with Gasteiger partial charge in [-0.2, -0.15) is 0 Å². The summed E-state index contributed by atoms with van der Waals surface area (Å²) < 4.78 is 0.953. The molecule has 0 spiro atoms. The van der Waals surface area contributed by atoms with Crippen molar-refractivity contribution in [1.82, 2.24) is 5.32 Å². The predicted molar refractivity (Wildman–Crippen MR) is 95.2 cm³/mol. The van der Waals surface area contributed by atoms with Gasteiger partial charge >= 0.3 is 0 Å². The lowest BCUT2D eigenvalue weighted by Crippen LogP contribution is -2.50. The maximum absolute atomic E-state index is 12.6. The average Bonchev–Trinajstić information content (AvgIpc) is 2.50. The van der Waals surface area contributed by atoms with Gasteiger partial charge in [0.25, 0.3) is 11.6 Å². The summed E-state index contributed by atoms with van der Waals surface area (Å²) in [5.74, 6) is -0.324. The first-order chi connectivity index (χ1) is 11.4. The Balaban J connectivity index is 1.87. The van der Waals surface area contributed by atoms with Gasteiger partial charge in [0, 0.05) is 16.6 Å². The summed E-state index contributed by atoms with van der Waals surface area (Å²) in [6.45, 7) is 0. The number of nitrogens with zero attached hydrogens (tertiary/aromatic N) is 1. The normalized spacial score (nSPS) is 15.4. The van der Waals surface area contributed by atoms with E-state index in [1.807, 2.05) is 24.3 Å². The number of benzene rings is 2. The second-order valence-electron chi connectivity index (χ2n) is 5.82. The maximum atomic E-state index is 12.6. The Morgan fingerprint density at radius 1 is 1.25 bits per heavy atom. The summed E-state index contributed by atoms with van der Waals surface area (Å²) in [5, 5.41) is 13.9. The average molecular weight is 410 g/mol. The number of nitrogens with one attached hydrogen (secondary N) is 1. The van der Waals surface area contributed by atoms with Gasteiger partial charge in [0.15, 0.2) is 0 Å². The standard InChI is InChI=1S/C17H14BrClN2O3/c18-12-4-1-3-11(9-12)17(7-2-8-17)20-16(22)14-6-5-13(21(23)24)10-15(14)19/h1,3-6,9-10H,2,7-8H2,(H,20,22). The molecule has 2 aromatic rings. The van der Waals surface area contributed by atoms with E-state index in [4.69, 9.17) is 11.6 Å². The minimum absolute atomic E-state index is 0.0745. The van der Waals surface area contributed by atoms with Crippen LogP contribution in [-0.2, 0) is 5.54 Å². The van der Waals surface area contributed by atoms with Crippen molar-refractivity contribution in [3.05, 3.63) is 73.2 Å². The van der Waals surface area contributed by atoms with Crippen molar-refractivity contribution in [3.63, 3.8) is 0 Å². The Kier molecular flexibility index (Phi) is 4.60. The van der Waals surface area contributed by atoms with Crippen molar-refractivity contribution in [3.8, 4) is 0 Å². The number of hydrogen-bond donors (Lipinski definition) is 1. The van der Waals surface area contributed by atoms with Gasteiger partial charge in [-0.25, -0.2) is 0 Å². The fourth-order valence-electron chi connectivity index (χ4n) is 2.89. The third kappa shape index (κ3) is 3.16. The maximum Gasteiger partial charge on any atom is 0.270 e. The number of amides is 1. The van der Waals surface area contributed by atoms with Crippen LogP contribution >= 0.6 is 27.5 Å². The van der Waals surface area contributed by atoms with E-state index in [1.54, 1.807) is 0 Å². The molecule has 1 fully saturated rings. The zero-order valence-corrected chi connectivity index (χ0v) is 14.9. The first-order valence-electron chi connectivity index (χ1n) is 7.44. The van der Waals surface area contributed by atoms with E-state index in [0.717, 1.165) is 29.3 Å². The first-order valence-corrected chi connectivity index (χ1v) is 8.61. The van der Waals surface area contributed by atoms with Crippen molar-refractivity contribution in [2.75, 3.05) is 0 Å². The van der Waals surface area contributed by atoms with Crippen LogP contribution in [0, 0.1) is 10.1 Å². The van der Waals surface area contributed by atoms with Crippen molar-refractivity contribution in [2.45, 2.75) is 24.8 Å². The number of rotatable bonds is 4. The predicted octanol–water partition coefficient (Wildman–Crippen LogP) is 4.82. The Bertz CT molecular complexity index is 821. The zero-order chi connectivity index (χ0) is 17.3. The molecule has 124 valence electrons. The molecule has 2 aromatic carbocycles. The summed E-state index contributed by atoms with van der Waals surface area (Å²) in [6, 6.07) is 11.7. The molecule has 7 heteroatoms. The summed E-state index contributed by atoms with van der Waals surface area (Å²) in [4.78, 5) is 22.9. The fraction of sp³-hybridized carbons (Fsp3) is 0.235. The van der Waals surface area contributed by atoms with Gasteiger partial charge < -0.3 is 5.32 Å². The second-order valence-corrected chi connectivity index (χ2v) is 7.14. The smallest absolute Gasteiger partial charge is 0.270 e. The summed E-state index contributed by atoms with van der Waals surface area (Å²) >= 11 is 9.51. The van der Waals surface area contributed by atoms with E-state index >= 15 is 0 Å². The molecule has 0 atom stereocenters. The molecule has 3 rings (SSSR count). The van der Waals surface area contributed by atoms with Gasteiger partial charge in [-0.1, -0.05) is 39.7 Å². The first kappa shape index (κ1) is 16.9. The number of halogens is 2. The molecule has 5 nitrogen and oxygen atoms in total. The quantitative estimate of drug-likeness (QED) is 0.581. The van der Waals surface area contributed by atoms with Crippen LogP contribution in [0.25, 0.3) is 0 Å². The van der Waals surface area contributed by atoms with Crippen molar-refractivity contribution in [2.24, 2.45) is 0 Å². The molecule has 0 unspecified atom stereocenters. The lowest BCUT2D eigenvalue weighted by Gasteiger charge is -2.43. The molecule has 0 radical (unpaired) electrons. The molecule has 0 aromatic heterocycles. The van der Waals surface area contributed by atoms with Crippen LogP contribution in [0.3, 0.4) is 0 Å². The minimum atomic E-state index is -0.539. The van der Waals surface area contributed by atoms with Gasteiger partial charge in [-0.3, -0.25) is 14.9 Å². The zero-order valence-electron chi connectivity index (χ0n) is 12.6. The Hall–Kier alpha value is -1.92. The topological polar surface area (TPSA) is 72.2 Å². The molecular formula is C17H14BrClN2O3. The molecular weight excluding hydrogens is 396 g/mol. The molecule has 1 saturated carbocycles. The van der Waals surface area contributed by atoms with E-state index < -0.39 is 10.5 Å². The highest BCUT2D eigenvalue weighted by atomic mass is 79.9. The molecule has 1 aliphatic carbocycles. The molecule has 1 N–H and O–H groups in total. The molecule has 1 amide bonds. The molecule has 0 heterocycles. The number of nitro benzene ring substituents is 1. The van der Waals surface area contributed by atoms with Crippen LogP contribution in [0.1, 0.15) is 35.2 Å². The van der Waals surface area contributed by atoms with Crippen molar-refractivity contribution in [1.29, 1.82) is 0 Å². The van der Waals surface area contributed by atoms with Crippen LogP contribution in [0.5, 0.6) is 0 Å². The lowest BCUT2D eigenvalue weighted by molar-refractivity contribution is -0.384. The molecule has 24 heavy (non-hydrogen) atoms. The van der Waals surface area contributed by atoms with Crippen LogP contribution in [0.2, 0.25) is 5.02 Å². The monoisotopic (exact) mass is 408 g/mol. The van der Waals surface area contributed by atoms with Gasteiger partial charge in [-0.15, -0.1) is 0 Å². The van der Waals surface area contributed by atoms with E-state index in [2.05, 4.69) is 21.2 Å². The summed E-state index contributed by atoms with van der Waals surface area (Å²) in [6.07, 6.45) is 2.72. The molecule has 1 aliphatic rings. The highest BCUT2D eigenvalue weighted by molar-refractivity contribution is 9.10. The number of carbonyl (C=O) groups is 1. The molecule has 0 aliphatic heterocycles. The largest absolute Gasteiger partial charge is 0.342 e. The van der Waals surface area contributed by atoms with Crippen LogP contribution in [-0.4, -0.2) is 10.8 Å². The van der Waals surface area contributed by atoms with Crippen molar-refractivity contribution < 1.29 is 9.72 Å². The molecule has 0 saturated heterocycles. The Morgan fingerprint density at radius 3 is 2.54 bits per heavy atom. The van der Waals surface area contributed by atoms with Crippen LogP contribution in [0.4, 0.5) is 5.69 Å². The molecule has 0 bridgehead atoms. The van der Waals surface area contributed by atoms with E-state index in [-0.39, 0.29) is 22.2 Å². The number of carbonyl (C=O) groups excluding carboxylic acids is 1. The highest BCUT2D eigenvalue weighted by Crippen LogP contribution is 2.42. The van der Waals surface area contributed by atoms with Gasteiger partial charge in [-0.05, 0) is 43.0 Å². The second kappa shape index (κ2) is 6.53. The van der Waals surface area contributed by atoms with E-state index in [0.29, 0.717) is 0 Å². The van der Waals surface area contributed by atoms with Crippen molar-refractivity contribution >= 4 is 39.1 Å². The van der Waals surface area contributed by atoms with Gasteiger partial charge in [0.1, 0.15) is 0 Å². The Labute approximate surface area is 152 Å². The van der Waals surface area contributed by atoms with E-state index in [1.165, 1.54) is 18.2 Å². The Morgan fingerprint density at radius 2 is 2.00 bits per heavy atom. The summed E-state index contributed by atoms with van der Waals surface area (Å²) in [5.41, 5.74) is 0.728. The van der Waals surface area contributed by atoms with Gasteiger partial charge in [0.2, 0.25) is 0 Å². The van der Waals surface area contributed by atoms with Gasteiger partial charge in [0.05, 0.1) is 21.0 Å². The number of nitro groups is 1. The fourth-order valence-corrected chi connectivity index (χ4v) is 3.55. The third-order valence-electron chi connectivity index (χ3n) is 4.35. The lowest BCUT2D eigenvalue weighted by atomic mass is 9.71. The summed E-state index contributed by atoms with van der Waals surface area (Å²) in [7, 11) is 0. The number of non-ortho nitro benzene ring substituents is 1. The minimum Gasteiger partial charge on any atom is -0.342 e. The van der Waals surface area contributed by atoms with Crippen LogP contribution in [0.15, 0.2) is 46.9 Å². The third-order valence-corrected chi connectivity index (χ3v) is 5.15. The highest BCUT2D eigenvalue weighted by Gasteiger charge is 2.40. The van der Waals surface area contributed by atoms with E-state index in [9.17, 15) is 14.9 Å². The van der Waals surface area contributed by atoms with Crippen LogP contribution < -0.4 is 5.32 Å². The number of hydrogen-bond acceptors (Lipinski definition) is 3.